The lowest BCUT2D eigenvalue weighted by Crippen LogP contribution is -2.57. The number of pyridine rings is 1. The highest BCUT2D eigenvalue weighted by molar-refractivity contribution is 7.89. The maximum absolute atomic E-state index is 14.2. The Kier molecular flexibility index (Phi) is 4.94. The van der Waals surface area contributed by atoms with Gasteiger partial charge in [0, 0.05) is 36.4 Å². The number of fused-ring (bicyclic) bond motifs is 1. The lowest BCUT2D eigenvalue weighted by molar-refractivity contribution is 0.280. The van der Waals surface area contributed by atoms with E-state index in [2.05, 4.69) is 25.3 Å². The number of hydrogen-bond donors (Lipinski definition) is 2. The fourth-order valence-corrected chi connectivity index (χ4v) is 4.84. The summed E-state index contributed by atoms with van der Waals surface area (Å²) < 4.78 is 39.6. The summed E-state index contributed by atoms with van der Waals surface area (Å²) in [6.07, 6.45) is 4.86. The Bertz CT molecular complexity index is 1130. The van der Waals surface area contributed by atoms with Gasteiger partial charge in [0.15, 0.2) is 17.5 Å². The van der Waals surface area contributed by atoms with Crippen LogP contribution in [0.5, 0.6) is 0 Å². The molecule has 0 aliphatic carbocycles. The van der Waals surface area contributed by atoms with Crippen LogP contribution in [0.15, 0.2) is 24.7 Å². The molecule has 0 bridgehead atoms. The number of sulfonamides is 1. The van der Waals surface area contributed by atoms with Crippen LogP contribution in [-0.4, -0.2) is 57.5 Å². The molecule has 4 rings (SSSR count). The van der Waals surface area contributed by atoms with Gasteiger partial charge in [-0.3, -0.25) is 0 Å². The number of nitrogens with zero attached hydrogens (tertiary/aromatic N) is 4. The molecule has 2 N–H and O–H groups in total. The minimum absolute atomic E-state index is 0.0341. The van der Waals surface area contributed by atoms with Crippen molar-refractivity contribution in [1.29, 1.82) is 0 Å². The van der Waals surface area contributed by atoms with Crippen molar-refractivity contribution in [3.63, 3.8) is 0 Å². The normalized spacial score (nSPS) is 15.7. The van der Waals surface area contributed by atoms with Gasteiger partial charge in [0.1, 0.15) is 5.65 Å². The van der Waals surface area contributed by atoms with Gasteiger partial charge in [0.05, 0.1) is 23.0 Å². The SMILES string of the molecule is CCCS(=O)(=O)N1CC(Nc2nc(-c3c[nH]c4ncc(Cl)cc34)ncc2F)C1. The summed E-state index contributed by atoms with van der Waals surface area (Å²) in [5.41, 5.74) is 1.27. The van der Waals surface area contributed by atoms with Gasteiger partial charge < -0.3 is 10.3 Å². The molecule has 1 aliphatic heterocycles. The third-order valence-electron chi connectivity index (χ3n) is 4.53. The van der Waals surface area contributed by atoms with E-state index in [-0.39, 0.29) is 30.7 Å². The first kappa shape index (κ1) is 19.0. The second kappa shape index (κ2) is 7.26. The third kappa shape index (κ3) is 3.54. The van der Waals surface area contributed by atoms with Crippen molar-refractivity contribution in [3.8, 4) is 11.4 Å². The number of hydrogen-bond acceptors (Lipinski definition) is 6. The van der Waals surface area contributed by atoms with Gasteiger partial charge in [-0.1, -0.05) is 18.5 Å². The van der Waals surface area contributed by atoms with Crippen molar-refractivity contribution in [2.45, 2.75) is 19.4 Å². The Morgan fingerprint density at radius 3 is 2.89 bits per heavy atom. The molecule has 0 saturated carbocycles. The zero-order chi connectivity index (χ0) is 19.9. The van der Waals surface area contributed by atoms with Crippen LogP contribution >= 0.6 is 11.6 Å². The Morgan fingerprint density at radius 1 is 1.36 bits per heavy atom. The van der Waals surface area contributed by atoms with Crippen molar-refractivity contribution < 1.29 is 12.8 Å². The molecule has 28 heavy (non-hydrogen) atoms. The second-order valence-corrected chi connectivity index (χ2v) is 9.14. The molecule has 0 amide bonds. The molecule has 0 atom stereocenters. The van der Waals surface area contributed by atoms with E-state index in [1.807, 2.05) is 6.92 Å². The fraction of sp³-hybridized carbons (Fsp3) is 0.353. The fourth-order valence-electron chi connectivity index (χ4n) is 3.10. The molecule has 11 heteroatoms. The average Bonchev–Trinajstić information content (AvgIpc) is 3.02. The molecule has 0 aromatic carbocycles. The molecule has 1 aliphatic rings. The topological polar surface area (TPSA) is 104 Å². The molecule has 0 unspecified atom stereocenters. The lowest BCUT2D eigenvalue weighted by atomic mass is 10.2. The van der Waals surface area contributed by atoms with E-state index in [4.69, 9.17) is 11.6 Å². The summed E-state index contributed by atoms with van der Waals surface area (Å²) in [7, 11) is -3.24. The van der Waals surface area contributed by atoms with Gasteiger partial charge in [-0.15, -0.1) is 0 Å². The zero-order valence-corrected chi connectivity index (χ0v) is 16.6. The van der Waals surface area contributed by atoms with Crippen LogP contribution in [0.25, 0.3) is 22.4 Å². The Hall–Kier alpha value is -2.30. The molecule has 3 aromatic rings. The molecule has 148 valence electrons. The van der Waals surface area contributed by atoms with Crippen molar-refractivity contribution in [2.24, 2.45) is 0 Å². The zero-order valence-electron chi connectivity index (χ0n) is 15.0. The van der Waals surface area contributed by atoms with Gasteiger partial charge in [-0.05, 0) is 12.5 Å². The van der Waals surface area contributed by atoms with E-state index in [0.717, 1.165) is 11.6 Å². The van der Waals surface area contributed by atoms with Gasteiger partial charge in [-0.2, -0.15) is 4.31 Å². The highest BCUT2D eigenvalue weighted by Gasteiger charge is 2.35. The Balaban J connectivity index is 1.55. The number of H-pyrrole nitrogens is 1. The predicted octanol–water partition coefficient (Wildman–Crippen LogP) is 2.65. The molecule has 0 radical (unpaired) electrons. The van der Waals surface area contributed by atoms with Crippen LogP contribution in [-0.2, 0) is 10.0 Å². The van der Waals surface area contributed by atoms with E-state index in [1.54, 1.807) is 12.3 Å². The summed E-state index contributed by atoms with van der Waals surface area (Å²) in [6.45, 7) is 2.39. The second-order valence-electron chi connectivity index (χ2n) is 6.62. The molecule has 3 aromatic heterocycles. The predicted molar refractivity (Wildman–Crippen MR) is 105 cm³/mol. The molecular weight excluding hydrogens is 407 g/mol. The number of rotatable bonds is 6. The van der Waals surface area contributed by atoms with E-state index in [9.17, 15) is 12.8 Å². The molecule has 8 nitrogen and oxygen atoms in total. The van der Waals surface area contributed by atoms with Crippen molar-refractivity contribution in [1.82, 2.24) is 24.2 Å². The summed E-state index contributed by atoms with van der Waals surface area (Å²) in [4.78, 5) is 15.5. The van der Waals surface area contributed by atoms with E-state index in [1.165, 1.54) is 10.5 Å². The largest absolute Gasteiger partial charge is 0.362 e. The molecule has 4 heterocycles. The monoisotopic (exact) mass is 424 g/mol. The van der Waals surface area contributed by atoms with Gasteiger partial charge in [0.2, 0.25) is 10.0 Å². The van der Waals surface area contributed by atoms with Crippen LogP contribution in [0.1, 0.15) is 13.3 Å². The summed E-state index contributed by atoms with van der Waals surface area (Å²) in [5.74, 6) is -0.140. The highest BCUT2D eigenvalue weighted by Crippen LogP contribution is 2.28. The Labute approximate surface area is 166 Å². The standard InChI is InChI=1S/C17H18ClFN6O2S/c1-2-3-28(26,27)25-8-11(9-25)23-17-14(19)7-22-16(24-17)13-6-21-15-12(13)4-10(18)5-20-15/h4-7,11H,2-3,8-9H2,1H3,(H,20,21)(H,22,23,24). The maximum Gasteiger partial charge on any atom is 0.214 e. The van der Waals surface area contributed by atoms with Crippen LogP contribution < -0.4 is 5.32 Å². The molecule has 1 fully saturated rings. The maximum atomic E-state index is 14.2. The highest BCUT2D eigenvalue weighted by atomic mass is 35.5. The van der Waals surface area contributed by atoms with E-state index in [0.29, 0.717) is 28.5 Å². The first-order valence-electron chi connectivity index (χ1n) is 8.77. The van der Waals surface area contributed by atoms with E-state index < -0.39 is 15.8 Å². The molecular formula is C17H18ClFN6O2S. The van der Waals surface area contributed by atoms with Crippen LogP contribution in [0.2, 0.25) is 5.02 Å². The molecule has 0 spiro atoms. The number of aromatic amines is 1. The van der Waals surface area contributed by atoms with Crippen LogP contribution in [0.3, 0.4) is 0 Å². The smallest absolute Gasteiger partial charge is 0.214 e. The van der Waals surface area contributed by atoms with Crippen molar-refractivity contribution in [2.75, 3.05) is 24.2 Å². The average molecular weight is 425 g/mol. The first-order valence-corrected chi connectivity index (χ1v) is 10.8. The first-order chi connectivity index (χ1) is 13.4. The number of aromatic nitrogens is 4. The van der Waals surface area contributed by atoms with Gasteiger partial charge >= 0.3 is 0 Å². The van der Waals surface area contributed by atoms with E-state index >= 15 is 0 Å². The minimum atomic E-state index is -3.24. The van der Waals surface area contributed by atoms with Crippen molar-refractivity contribution >= 4 is 38.5 Å². The van der Waals surface area contributed by atoms with Crippen LogP contribution in [0, 0.1) is 5.82 Å². The number of anilines is 1. The lowest BCUT2D eigenvalue weighted by Gasteiger charge is -2.38. The summed E-state index contributed by atoms with van der Waals surface area (Å²) >= 11 is 6.02. The van der Waals surface area contributed by atoms with Crippen molar-refractivity contribution in [3.05, 3.63) is 35.5 Å². The summed E-state index contributed by atoms with van der Waals surface area (Å²) in [6, 6.07) is 1.53. The third-order valence-corrected chi connectivity index (χ3v) is 6.74. The number of nitrogens with one attached hydrogen (secondary N) is 2. The Morgan fingerprint density at radius 2 is 2.14 bits per heavy atom. The number of halogens is 2. The molecule has 1 saturated heterocycles. The summed E-state index contributed by atoms with van der Waals surface area (Å²) in [5, 5.41) is 4.16. The van der Waals surface area contributed by atoms with Crippen LogP contribution in [0.4, 0.5) is 10.2 Å². The van der Waals surface area contributed by atoms with Gasteiger partial charge in [-0.25, -0.2) is 27.8 Å². The quantitative estimate of drug-likeness (QED) is 0.630. The minimum Gasteiger partial charge on any atom is -0.362 e. The van der Waals surface area contributed by atoms with Gasteiger partial charge in [0.25, 0.3) is 0 Å².